The van der Waals surface area contributed by atoms with Crippen molar-refractivity contribution < 1.29 is 5.11 Å². The van der Waals surface area contributed by atoms with Crippen molar-refractivity contribution in [3.8, 4) is 0 Å². The van der Waals surface area contributed by atoms with Crippen LogP contribution in [0.1, 0.15) is 0 Å². The summed E-state index contributed by atoms with van der Waals surface area (Å²) in [5.74, 6) is 0. The third kappa shape index (κ3) is 3.60. The lowest BCUT2D eigenvalue weighted by atomic mass is 11.2. The molecule has 0 aliphatic rings. The number of rotatable bonds is 7. The zero-order valence-corrected chi connectivity index (χ0v) is 12.7. The molecular formula is C9H20OSi3. The van der Waals surface area contributed by atoms with E-state index in [0.717, 1.165) is 5.67 Å². The second kappa shape index (κ2) is 6.31. The molecule has 0 bridgehead atoms. The molecule has 1 nitrogen and oxygen atoms in total. The first kappa shape index (κ1) is 12.8. The average Bonchev–Trinajstić information content (AvgIpc) is 2.21. The summed E-state index contributed by atoms with van der Waals surface area (Å²) < 4.78 is 0. The van der Waals surface area contributed by atoms with Crippen LogP contribution in [0.15, 0.2) is 36.8 Å². The van der Waals surface area contributed by atoms with Gasteiger partial charge in [-0.1, -0.05) is 28.4 Å². The number of aliphatic hydroxyl groups is 1. The fourth-order valence-corrected chi connectivity index (χ4v) is 13.1. The molecule has 0 fully saturated rings. The van der Waals surface area contributed by atoms with Crippen LogP contribution in [0.5, 0.6) is 0 Å². The highest BCUT2D eigenvalue weighted by atomic mass is 28.4. The van der Waals surface area contributed by atoms with Gasteiger partial charge in [0, 0.05) is 6.23 Å². The monoisotopic (exact) mass is 228 g/mol. The molecule has 0 spiro atoms. The van der Waals surface area contributed by atoms with Crippen LogP contribution < -0.4 is 0 Å². The molecule has 4 heteroatoms. The van der Waals surface area contributed by atoms with E-state index in [1.54, 1.807) is 0 Å². The highest BCUT2D eigenvalue weighted by Gasteiger charge is 2.25. The average molecular weight is 229 g/mol. The van der Waals surface area contributed by atoms with Gasteiger partial charge in [-0.3, -0.25) is 0 Å². The molecule has 0 radical (unpaired) electrons. The number of hydrogen-bond donors (Lipinski definition) is 1. The summed E-state index contributed by atoms with van der Waals surface area (Å²) in [4.78, 5) is 0. The van der Waals surface area contributed by atoms with Crippen molar-refractivity contribution in [1.29, 1.82) is 0 Å². The molecular weight excluding hydrogens is 208 g/mol. The molecule has 0 saturated heterocycles. The van der Waals surface area contributed by atoms with Gasteiger partial charge >= 0.3 is 0 Å². The SMILES string of the molecule is C=C[Si](C=C)(C=C)C[SiH](CO)C[SiH3]. The van der Waals surface area contributed by atoms with E-state index in [2.05, 4.69) is 19.7 Å². The van der Waals surface area contributed by atoms with Gasteiger partial charge in [-0.2, -0.15) is 0 Å². The molecule has 0 amide bonds. The summed E-state index contributed by atoms with van der Waals surface area (Å²) in [5.41, 5.74) is 8.52. The van der Waals surface area contributed by atoms with Crippen LogP contribution in [0.3, 0.4) is 0 Å². The Hall–Kier alpha value is -0.169. The minimum atomic E-state index is -1.61. The highest BCUT2D eigenvalue weighted by Crippen LogP contribution is 2.16. The maximum atomic E-state index is 9.18. The smallest absolute Gasteiger partial charge is 0.121 e. The predicted octanol–water partition coefficient (Wildman–Crippen LogP) is 0.231. The lowest BCUT2D eigenvalue weighted by molar-refractivity contribution is 0.362. The van der Waals surface area contributed by atoms with Gasteiger partial charge in [0.05, 0.1) is 8.80 Å². The zero-order chi connectivity index (χ0) is 10.3. The fourth-order valence-electron chi connectivity index (χ4n) is 1.34. The minimum Gasteiger partial charge on any atom is -0.400 e. The Kier molecular flexibility index (Phi) is 6.23. The van der Waals surface area contributed by atoms with E-state index < -0.39 is 16.9 Å². The lowest BCUT2D eigenvalue weighted by Gasteiger charge is -2.23. The van der Waals surface area contributed by atoms with Crippen molar-refractivity contribution in [2.45, 2.75) is 11.3 Å². The van der Waals surface area contributed by atoms with Crippen LogP contribution in [0.2, 0.25) is 11.3 Å². The van der Waals surface area contributed by atoms with Crippen LogP contribution in [-0.4, -0.2) is 38.4 Å². The molecule has 1 N–H and O–H groups in total. The summed E-state index contributed by atoms with van der Waals surface area (Å²) in [5, 5.41) is 9.18. The Morgan fingerprint density at radius 3 is 1.92 bits per heavy atom. The molecule has 1 unspecified atom stereocenters. The van der Waals surface area contributed by atoms with Crippen LogP contribution in [-0.2, 0) is 0 Å². The zero-order valence-electron chi connectivity index (χ0n) is 8.50. The predicted molar refractivity (Wildman–Crippen MR) is 70.1 cm³/mol. The quantitative estimate of drug-likeness (QED) is 0.619. The van der Waals surface area contributed by atoms with E-state index >= 15 is 0 Å². The molecule has 0 aliphatic carbocycles. The molecule has 13 heavy (non-hydrogen) atoms. The van der Waals surface area contributed by atoms with Crippen molar-refractivity contribution in [1.82, 2.24) is 0 Å². The molecule has 0 heterocycles. The minimum absolute atomic E-state index is 0.424. The van der Waals surface area contributed by atoms with Crippen LogP contribution in [0, 0.1) is 0 Å². The maximum Gasteiger partial charge on any atom is 0.121 e. The first-order chi connectivity index (χ1) is 6.17. The Bertz CT molecular complexity index is 166. The summed E-state index contributed by atoms with van der Waals surface area (Å²) in [6.45, 7) is 11.6. The highest BCUT2D eigenvalue weighted by molar-refractivity contribution is 7.00. The summed E-state index contributed by atoms with van der Waals surface area (Å²) in [7, 11) is -1.31. The van der Waals surface area contributed by atoms with Crippen molar-refractivity contribution in [3.63, 3.8) is 0 Å². The van der Waals surface area contributed by atoms with Gasteiger partial charge in [-0.25, -0.2) is 0 Å². The Morgan fingerprint density at radius 2 is 1.69 bits per heavy atom. The molecule has 0 rings (SSSR count). The van der Waals surface area contributed by atoms with Crippen molar-refractivity contribution >= 4 is 27.1 Å². The van der Waals surface area contributed by atoms with Crippen molar-refractivity contribution in [2.24, 2.45) is 0 Å². The van der Waals surface area contributed by atoms with Gasteiger partial charge in [-0.15, -0.1) is 19.7 Å². The van der Waals surface area contributed by atoms with E-state index in [0.29, 0.717) is 6.23 Å². The Morgan fingerprint density at radius 1 is 1.23 bits per heavy atom. The van der Waals surface area contributed by atoms with E-state index in [4.69, 9.17) is 0 Å². The van der Waals surface area contributed by atoms with Crippen molar-refractivity contribution in [2.75, 3.05) is 6.23 Å². The van der Waals surface area contributed by atoms with E-state index in [-0.39, 0.29) is 0 Å². The van der Waals surface area contributed by atoms with Crippen LogP contribution in [0.4, 0.5) is 0 Å². The summed E-state index contributed by atoms with van der Waals surface area (Å²) in [6.07, 6.45) is 0.424. The molecule has 0 aromatic carbocycles. The third-order valence-corrected chi connectivity index (χ3v) is 15.2. The van der Waals surface area contributed by atoms with Gasteiger partial charge in [0.1, 0.15) is 8.07 Å². The molecule has 1 atom stereocenters. The van der Waals surface area contributed by atoms with Crippen LogP contribution >= 0.6 is 0 Å². The molecule has 0 saturated carbocycles. The third-order valence-electron chi connectivity index (χ3n) is 2.62. The van der Waals surface area contributed by atoms with Gasteiger partial charge in [-0.05, 0) is 10.2 Å². The molecule has 74 valence electrons. The largest absolute Gasteiger partial charge is 0.400 e. The topological polar surface area (TPSA) is 20.2 Å². The van der Waals surface area contributed by atoms with E-state index in [1.165, 1.54) is 15.9 Å². The first-order valence-electron chi connectivity index (χ1n) is 4.69. The maximum absolute atomic E-state index is 9.18. The first-order valence-corrected chi connectivity index (χ1v) is 11.0. The Balaban J connectivity index is 4.47. The Labute approximate surface area is 86.9 Å². The molecule has 0 aliphatic heterocycles. The van der Waals surface area contributed by atoms with Gasteiger partial charge in [0.25, 0.3) is 0 Å². The fraction of sp³-hybridized carbons (Fsp3) is 0.333. The summed E-state index contributed by atoms with van der Waals surface area (Å²) in [6, 6.07) is 0. The lowest BCUT2D eigenvalue weighted by Crippen LogP contribution is -2.36. The normalized spacial score (nSPS) is 13.6. The van der Waals surface area contributed by atoms with Gasteiger partial charge in [0.2, 0.25) is 0 Å². The molecule has 0 aromatic heterocycles. The summed E-state index contributed by atoms with van der Waals surface area (Å²) >= 11 is 0. The van der Waals surface area contributed by atoms with E-state index in [1.807, 2.05) is 17.1 Å². The van der Waals surface area contributed by atoms with Crippen LogP contribution in [0.25, 0.3) is 0 Å². The van der Waals surface area contributed by atoms with Gasteiger partial charge in [0.15, 0.2) is 0 Å². The standard InChI is InChI=1S/C9H20OSi3/c1-4-13(5-2,6-3)9-12(7-10)8-11/h4-6,10,12H,1-3,7-9H2,11H3. The second-order valence-electron chi connectivity index (χ2n) is 3.39. The molecule has 0 aromatic rings. The number of aliphatic hydroxyl groups excluding tert-OH is 1. The van der Waals surface area contributed by atoms with Gasteiger partial charge < -0.3 is 5.11 Å². The van der Waals surface area contributed by atoms with E-state index in [9.17, 15) is 5.11 Å². The number of hydrogen-bond acceptors (Lipinski definition) is 1. The van der Waals surface area contributed by atoms with Crippen molar-refractivity contribution in [3.05, 3.63) is 36.8 Å². The second-order valence-corrected chi connectivity index (χ2v) is 13.8.